The molecule has 2 aromatic carbocycles. The molecule has 0 radical (unpaired) electrons. The number of aryl methyl sites for hydroxylation is 1. The highest BCUT2D eigenvalue weighted by molar-refractivity contribution is 6.01. The van der Waals surface area contributed by atoms with Gasteiger partial charge >= 0.3 is 0 Å². The monoisotopic (exact) mass is 357 g/mol. The smallest absolute Gasteiger partial charge is 0.138 e. The van der Waals surface area contributed by atoms with E-state index in [0.29, 0.717) is 5.75 Å². The summed E-state index contributed by atoms with van der Waals surface area (Å²) >= 11 is 0. The minimum Gasteiger partial charge on any atom is -0.508 e. The molecule has 0 saturated heterocycles. The number of hydrogen-bond donors (Lipinski definition) is 3. The fourth-order valence-corrected chi connectivity index (χ4v) is 3.73. The molecule has 1 aliphatic rings. The van der Waals surface area contributed by atoms with Crippen LogP contribution in [-0.2, 0) is 0 Å². The molecule has 3 N–H and O–H groups in total. The standard InChI is InChI=1S/C21H17N3O.C2H6/c1-12-10-13(6-7-18(12)25)20-16-11-23-21-19(16)15(8-9-22-21)14-4-2-3-5-17(14)24-20;1-2/h2-11,20,24-25H,1H3,(H,22,23);1-2H3. The fourth-order valence-electron chi connectivity index (χ4n) is 3.73. The van der Waals surface area contributed by atoms with Gasteiger partial charge in [-0.1, -0.05) is 38.1 Å². The summed E-state index contributed by atoms with van der Waals surface area (Å²) in [6.45, 7) is 5.92. The predicted molar refractivity (Wildman–Crippen MR) is 111 cm³/mol. The summed E-state index contributed by atoms with van der Waals surface area (Å²) in [5, 5.41) is 14.7. The Kier molecular flexibility index (Phi) is 4.32. The van der Waals surface area contributed by atoms with Crippen LogP contribution in [-0.4, -0.2) is 15.1 Å². The Hall–Kier alpha value is -3.27. The van der Waals surface area contributed by atoms with Crippen LogP contribution >= 0.6 is 0 Å². The summed E-state index contributed by atoms with van der Waals surface area (Å²) in [6, 6.07) is 16.2. The van der Waals surface area contributed by atoms with Crippen LogP contribution in [0, 0.1) is 6.92 Å². The van der Waals surface area contributed by atoms with Crippen LogP contribution in [0.25, 0.3) is 22.2 Å². The first kappa shape index (κ1) is 17.2. The van der Waals surface area contributed by atoms with Crippen molar-refractivity contribution in [1.29, 1.82) is 0 Å². The topological polar surface area (TPSA) is 60.9 Å². The van der Waals surface area contributed by atoms with Crippen LogP contribution in [0.3, 0.4) is 0 Å². The summed E-state index contributed by atoms with van der Waals surface area (Å²) in [4.78, 5) is 7.80. The lowest BCUT2D eigenvalue weighted by atomic mass is 9.96. The van der Waals surface area contributed by atoms with E-state index >= 15 is 0 Å². The number of aromatic amines is 1. The van der Waals surface area contributed by atoms with E-state index in [4.69, 9.17) is 0 Å². The first-order valence-corrected chi connectivity index (χ1v) is 9.34. The van der Waals surface area contributed by atoms with Gasteiger partial charge in [0.05, 0.1) is 6.04 Å². The maximum absolute atomic E-state index is 9.89. The summed E-state index contributed by atoms with van der Waals surface area (Å²) in [5.74, 6) is 0.319. The number of H-pyrrole nitrogens is 1. The van der Waals surface area contributed by atoms with Crippen molar-refractivity contribution < 1.29 is 5.11 Å². The van der Waals surface area contributed by atoms with Crippen molar-refractivity contribution in [2.24, 2.45) is 0 Å². The van der Waals surface area contributed by atoms with Gasteiger partial charge in [-0.25, -0.2) is 4.98 Å². The molecule has 4 aromatic rings. The first-order valence-electron chi connectivity index (χ1n) is 9.34. The predicted octanol–water partition coefficient (Wildman–Crippen LogP) is 5.79. The third-order valence-corrected chi connectivity index (χ3v) is 4.99. The van der Waals surface area contributed by atoms with Crippen LogP contribution in [0.4, 0.5) is 5.69 Å². The van der Waals surface area contributed by atoms with Crippen LogP contribution < -0.4 is 5.32 Å². The normalized spacial score (nSPS) is 14.6. The number of anilines is 1. The molecule has 2 aromatic heterocycles. The number of aromatic hydroxyl groups is 1. The summed E-state index contributed by atoms with van der Waals surface area (Å²) in [5.41, 5.74) is 7.50. The zero-order valence-corrected chi connectivity index (χ0v) is 15.7. The second-order valence-electron chi connectivity index (χ2n) is 6.49. The van der Waals surface area contributed by atoms with E-state index in [9.17, 15) is 5.11 Å². The van der Waals surface area contributed by atoms with Crippen LogP contribution in [0.5, 0.6) is 5.75 Å². The van der Waals surface area contributed by atoms with Gasteiger partial charge in [0.15, 0.2) is 0 Å². The number of nitrogens with zero attached hydrogens (tertiary/aromatic N) is 1. The molecule has 1 unspecified atom stereocenters. The number of rotatable bonds is 1. The molecule has 27 heavy (non-hydrogen) atoms. The van der Waals surface area contributed by atoms with Gasteiger partial charge < -0.3 is 15.4 Å². The molecule has 4 heteroatoms. The Morgan fingerprint density at radius 3 is 2.63 bits per heavy atom. The SMILES string of the molecule is CC.Cc1cc(C2Nc3ccccc3-c3ccnc4[nH]cc2c34)ccc1O. The lowest BCUT2D eigenvalue weighted by Crippen LogP contribution is -2.11. The van der Waals surface area contributed by atoms with Gasteiger partial charge in [-0.05, 0) is 47.9 Å². The van der Waals surface area contributed by atoms with Gasteiger partial charge in [0, 0.05) is 34.6 Å². The lowest BCUT2D eigenvalue weighted by Gasteiger charge is -2.20. The molecule has 1 aliphatic heterocycles. The van der Waals surface area contributed by atoms with Crippen molar-refractivity contribution in [3.8, 4) is 16.9 Å². The molecular weight excluding hydrogens is 334 g/mol. The third-order valence-electron chi connectivity index (χ3n) is 4.99. The number of fused-ring (bicyclic) bond motifs is 2. The van der Waals surface area contributed by atoms with Crippen molar-refractivity contribution in [3.63, 3.8) is 0 Å². The fraction of sp³-hybridized carbons (Fsp3) is 0.174. The van der Waals surface area contributed by atoms with E-state index in [1.807, 2.05) is 51.4 Å². The molecule has 4 nitrogen and oxygen atoms in total. The molecule has 0 aliphatic carbocycles. The Bertz CT molecular complexity index is 1110. The quantitative estimate of drug-likeness (QED) is 0.404. The minimum atomic E-state index is -0.0142. The zero-order chi connectivity index (χ0) is 19.0. The number of hydrogen-bond acceptors (Lipinski definition) is 3. The Morgan fingerprint density at radius 1 is 1.00 bits per heavy atom. The molecular formula is C23H23N3O. The van der Waals surface area contributed by atoms with Crippen LogP contribution in [0.2, 0.25) is 0 Å². The van der Waals surface area contributed by atoms with Crippen molar-refractivity contribution in [1.82, 2.24) is 9.97 Å². The van der Waals surface area contributed by atoms with E-state index in [1.54, 1.807) is 6.07 Å². The van der Waals surface area contributed by atoms with Crippen molar-refractivity contribution >= 4 is 16.7 Å². The molecule has 0 saturated carbocycles. The van der Waals surface area contributed by atoms with Crippen molar-refractivity contribution in [2.75, 3.05) is 5.32 Å². The van der Waals surface area contributed by atoms with Gasteiger partial charge in [-0.2, -0.15) is 0 Å². The number of pyridine rings is 1. The van der Waals surface area contributed by atoms with Gasteiger partial charge in [-0.3, -0.25) is 0 Å². The van der Waals surface area contributed by atoms with Crippen LogP contribution in [0.1, 0.15) is 36.6 Å². The molecule has 0 amide bonds. The number of aromatic nitrogens is 2. The number of phenolic OH excluding ortho intramolecular Hbond substituents is 1. The van der Waals surface area contributed by atoms with Gasteiger partial charge in [0.2, 0.25) is 0 Å². The number of phenols is 1. The third kappa shape index (κ3) is 2.74. The van der Waals surface area contributed by atoms with Crippen molar-refractivity contribution in [2.45, 2.75) is 26.8 Å². The highest BCUT2D eigenvalue weighted by Gasteiger charge is 2.26. The Morgan fingerprint density at radius 2 is 1.81 bits per heavy atom. The molecule has 0 bridgehead atoms. The second kappa shape index (κ2) is 6.80. The maximum atomic E-state index is 9.89. The lowest BCUT2D eigenvalue weighted by molar-refractivity contribution is 0.471. The van der Waals surface area contributed by atoms with Gasteiger partial charge in [-0.15, -0.1) is 0 Å². The van der Waals surface area contributed by atoms with Gasteiger partial charge in [0.25, 0.3) is 0 Å². The highest BCUT2D eigenvalue weighted by atomic mass is 16.3. The molecule has 5 rings (SSSR count). The van der Waals surface area contributed by atoms with Crippen molar-refractivity contribution in [3.05, 3.63) is 77.6 Å². The largest absolute Gasteiger partial charge is 0.508 e. The average Bonchev–Trinajstić information content (AvgIpc) is 3.08. The summed E-state index contributed by atoms with van der Waals surface area (Å²) < 4.78 is 0. The minimum absolute atomic E-state index is 0.0142. The molecule has 0 fully saturated rings. The zero-order valence-electron chi connectivity index (χ0n) is 15.7. The molecule has 1 atom stereocenters. The van der Waals surface area contributed by atoms with E-state index in [-0.39, 0.29) is 6.04 Å². The number of nitrogens with one attached hydrogen (secondary N) is 2. The molecule has 136 valence electrons. The average molecular weight is 357 g/mol. The van der Waals surface area contributed by atoms with E-state index in [0.717, 1.165) is 27.8 Å². The molecule has 3 heterocycles. The summed E-state index contributed by atoms with van der Waals surface area (Å²) in [7, 11) is 0. The second-order valence-corrected chi connectivity index (χ2v) is 6.49. The Balaban J connectivity index is 0.000000872. The van der Waals surface area contributed by atoms with Crippen LogP contribution in [0.15, 0.2) is 60.9 Å². The van der Waals surface area contributed by atoms with E-state index in [2.05, 4.69) is 39.6 Å². The summed E-state index contributed by atoms with van der Waals surface area (Å²) in [6.07, 6.45) is 3.88. The number of para-hydroxylation sites is 1. The van der Waals surface area contributed by atoms with Gasteiger partial charge in [0.1, 0.15) is 11.4 Å². The van der Waals surface area contributed by atoms with E-state index < -0.39 is 0 Å². The maximum Gasteiger partial charge on any atom is 0.138 e. The Labute approximate surface area is 158 Å². The number of benzene rings is 2. The highest BCUT2D eigenvalue weighted by Crippen LogP contribution is 2.43. The first-order chi connectivity index (χ1) is 13.2. The van der Waals surface area contributed by atoms with E-state index in [1.165, 1.54) is 16.7 Å². The molecule has 0 spiro atoms.